The molecular formula is C27H33F6N5. The first-order valence-corrected chi connectivity index (χ1v) is 12.1. The molecule has 0 amide bonds. The topological polar surface area (TPSA) is 53.1 Å². The number of fused-ring (bicyclic) bond motifs is 1. The number of hydrogen-bond donors (Lipinski definition) is 2. The summed E-state index contributed by atoms with van der Waals surface area (Å²) in [4.78, 5) is 11.3. The first kappa shape index (κ1) is 29.5. The molecule has 0 atom stereocenters. The van der Waals surface area contributed by atoms with Crippen molar-refractivity contribution in [1.29, 1.82) is 0 Å². The van der Waals surface area contributed by atoms with Crippen molar-refractivity contribution < 1.29 is 26.3 Å². The molecule has 1 fully saturated rings. The molecule has 0 spiro atoms. The van der Waals surface area contributed by atoms with Crippen molar-refractivity contribution in [2.45, 2.75) is 58.0 Å². The smallest absolute Gasteiger partial charge is 0.362 e. The number of hydrogen-bond acceptors (Lipinski definition) is 5. The molecule has 0 bridgehead atoms. The van der Waals surface area contributed by atoms with Crippen molar-refractivity contribution >= 4 is 22.7 Å². The summed E-state index contributed by atoms with van der Waals surface area (Å²) in [6, 6.07) is 9.69. The number of nitrogens with zero attached hydrogens (tertiary/aromatic N) is 3. The van der Waals surface area contributed by atoms with E-state index in [2.05, 4.69) is 20.6 Å². The van der Waals surface area contributed by atoms with E-state index >= 15 is 0 Å². The zero-order valence-electron chi connectivity index (χ0n) is 20.5. The Morgan fingerprint density at radius 3 is 2.05 bits per heavy atom. The minimum Gasteiger partial charge on any atom is -0.362 e. The number of alkyl halides is 6. The van der Waals surface area contributed by atoms with Crippen molar-refractivity contribution in [1.82, 2.24) is 15.3 Å². The van der Waals surface area contributed by atoms with Gasteiger partial charge in [0.25, 0.3) is 0 Å². The number of anilines is 2. The second-order valence-corrected chi connectivity index (χ2v) is 9.69. The largest absolute Gasteiger partial charge is 0.416 e. The number of rotatable bonds is 7. The third-order valence-electron chi connectivity index (χ3n) is 6.60. The highest BCUT2D eigenvalue weighted by molar-refractivity contribution is 5.90. The third kappa shape index (κ3) is 7.27. The van der Waals surface area contributed by atoms with E-state index in [0.717, 1.165) is 54.5 Å². The van der Waals surface area contributed by atoms with E-state index < -0.39 is 23.5 Å². The van der Waals surface area contributed by atoms with Crippen LogP contribution in [0.5, 0.6) is 0 Å². The summed E-state index contributed by atoms with van der Waals surface area (Å²) in [6.45, 7) is 0.449. The predicted octanol–water partition coefficient (Wildman–Crippen LogP) is 7.13. The van der Waals surface area contributed by atoms with Crippen LogP contribution in [0.1, 0.15) is 49.8 Å². The second kappa shape index (κ2) is 11.8. The van der Waals surface area contributed by atoms with Crippen LogP contribution in [0.4, 0.5) is 38.1 Å². The van der Waals surface area contributed by atoms with E-state index in [4.69, 9.17) is 0 Å². The van der Waals surface area contributed by atoms with Gasteiger partial charge in [-0.25, -0.2) is 4.98 Å². The molecule has 1 aliphatic rings. The molecule has 1 aliphatic carbocycles. The Bertz CT molecular complexity index is 1180. The Hall–Kier alpha value is -3.08. The minimum absolute atomic E-state index is 0. The number of halogens is 6. The maximum absolute atomic E-state index is 13.1. The van der Waals surface area contributed by atoms with E-state index in [1.807, 2.05) is 43.3 Å². The Kier molecular flexibility index (Phi) is 9.12. The molecule has 0 radical (unpaired) electrons. The van der Waals surface area contributed by atoms with Crippen LogP contribution in [0.25, 0.3) is 10.9 Å². The van der Waals surface area contributed by atoms with Crippen molar-refractivity contribution in [3.63, 3.8) is 0 Å². The lowest BCUT2D eigenvalue weighted by Crippen LogP contribution is -2.31. The SMILES string of the molecule is C.CN(C)c1nc(NC2CCC(CNCc3cc(C(F)(F)F)cc(C(F)(F)F)c3)CC2)nc2ccccc12. The van der Waals surface area contributed by atoms with E-state index in [0.29, 0.717) is 12.5 Å². The molecule has 1 saturated carbocycles. The van der Waals surface area contributed by atoms with Gasteiger partial charge in [0.15, 0.2) is 0 Å². The van der Waals surface area contributed by atoms with Crippen LogP contribution >= 0.6 is 0 Å². The van der Waals surface area contributed by atoms with Gasteiger partial charge < -0.3 is 15.5 Å². The lowest BCUT2D eigenvalue weighted by Gasteiger charge is -2.29. The third-order valence-corrected chi connectivity index (χ3v) is 6.60. The van der Waals surface area contributed by atoms with Crippen LogP contribution in [-0.2, 0) is 18.9 Å². The highest BCUT2D eigenvalue weighted by atomic mass is 19.4. The molecule has 3 aromatic rings. The molecule has 5 nitrogen and oxygen atoms in total. The fourth-order valence-corrected chi connectivity index (χ4v) is 4.70. The first-order chi connectivity index (χ1) is 17.4. The minimum atomic E-state index is -4.84. The number of benzene rings is 2. The Morgan fingerprint density at radius 1 is 0.868 bits per heavy atom. The summed E-state index contributed by atoms with van der Waals surface area (Å²) in [6.07, 6.45) is -6.22. The summed E-state index contributed by atoms with van der Waals surface area (Å²) in [5, 5.41) is 7.45. The maximum Gasteiger partial charge on any atom is 0.416 e. The molecule has 0 unspecified atom stereocenters. The van der Waals surface area contributed by atoms with Crippen LogP contribution in [0.3, 0.4) is 0 Å². The quantitative estimate of drug-likeness (QED) is 0.312. The summed E-state index contributed by atoms with van der Waals surface area (Å²) in [5.41, 5.74) is -1.77. The van der Waals surface area contributed by atoms with Gasteiger partial charge in [0.2, 0.25) is 5.95 Å². The average molecular weight is 542 g/mol. The molecule has 208 valence electrons. The molecule has 1 heterocycles. The van der Waals surface area contributed by atoms with Gasteiger partial charge in [-0.15, -0.1) is 0 Å². The van der Waals surface area contributed by atoms with Gasteiger partial charge in [-0.05, 0) is 74.0 Å². The van der Waals surface area contributed by atoms with Crippen molar-refractivity contribution in [3.05, 3.63) is 59.2 Å². The van der Waals surface area contributed by atoms with Crippen molar-refractivity contribution in [2.24, 2.45) is 5.92 Å². The van der Waals surface area contributed by atoms with Gasteiger partial charge in [-0.1, -0.05) is 19.6 Å². The fourth-order valence-electron chi connectivity index (χ4n) is 4.70. The average Bonchev–Trinajstić information content (AvgIpc) is 2.83. The van der Waals surface area contributed by atoms with Crippen LogP contribution in [0.15, 0.2) is 42.5 Å². The fraction of sp³-hybridized carbons (Fsp3) is 0.481. The first-order valence-electron chi connectivity index (χ1n) is 12.1. The van der Waals surface area contributed by atoms with Gasteiger partial charge in [0.05, 0.1) is 16.6 Å². The number of aromatic nitrogens is 2. The summed E-state index contributed by atoms with van der Waals surface area (Å²) in [5.74, 6) is 1.67. The zero-order chi connectivity index (χ0) is 26.8. The summed E-state index contributed by atoms with van der Waals surface area (Å²) in [7, 11) is 3.86. The second-order valence-electron chi connectivity index (χ2n) is 9.69. The predicted molar refractivity (Wildman–Crippen MR) is 138 cm³/mol. The van der Waals surface area contributed by atoms with Gasteiger partial charge in [0.1, 0.15) is 5.82 Å². The molecule has 2 N–H and O–H groups in total. The Morgan fingerprint density at radius 2 is 1.47 bits per heavy atom. The Balaban J connectivity index is 0.00000400. The lowest BCUT2D eigenvalue weighted by atomic mass is 9.86. The zero-order valence-corrected chi connectivity index (χ0v) is 20.5. The number of nitrogens with one attached hydrogen (secondary N) is 2. The molecule has 1 aromatic heterocycles. The van der Waals surface area contributed by atoms with Gasteiger partial charge in [-0.3, -0.25) is 0 Å². The lowest BCUT2D eigenvalue weighted by molar-refractivity contribution is -0.143. The van der Waals surface area contributed by atoms with Crippen LogP contribution in [-0.4, -0.2) is 36.6 Å². The van der Waals surface area contributed by atoms with Gasteiger partial charge >= 0.3 is 12.4 Å². The van der Waals surface area contributed by atoms with Crippen molar-refractivity contribution in [2.75, 3.05) is 30.9 Å². The molecule has 2 aromatic carbocycles. The molecule has 4 rings (SSSR count). The van der Waals surface area contributed by atoms with Crippen LogP contribution in [0.2, 0.25) is 0 Å². The standard InChI is InChI=1S/C26H29F6N5.CH4/c1-37(2)23-21-5-3-4-6-22(21)35-24(36-23)34-20-9-7-16(8-10-20)14-33-15-17-11-18(25(27,28)29)13-19(12-17)26(30,31)32;/h3-6,11-13,16,20,33H,7-10,14-15H2,1-2H3,(H,34,35,36);1H4. The van der Waals surface area contributed by atoms with Gasteiger partial charge in [0, 0.05) is 32.1 Å². The van der Waals surface area contributed by atoms with Crippen LogP contribution < -0.4 is 15.5 Å². The maximum atomic E-state index is 13.1. The highest BCUT2D eigenvalue weighted by Crippen LogP contribution is 2.36. The number of para-hydroxylation sites is 1. The molecule has 0 aliphatic heterocycles. The van der Waals surface area contributed by atoms with E-state index in [9.17, 15) is 26.3 Å². The monoisotopic (exact) mass is 541 g/mol. The Labute approximate surface area is 218 Å². The van der Waals surface area contributed by atoms with E-state index in [-0.39, 0.29) is 37.6 Å². The molecule has 11 heteroatoms. The van der Waals surface area contributed by atoms with Crippen molar-refractivity contribution in [3.8, 4) is 0 Å². The molecule has 0 saturated heterocycles. The van der Waals surface area contributed by atoms with Crippen LogP contribution in [0, 0.1) is 5.92 Å². The van der Waals surface area contributed by atoms with E-state index in [1.54, 1.807) is 0 Å². The summed E-state index contributed by atoms with van der Waals surface area (Å²) < 4.78 is 78.5. The molecule has 38 heavy (non-hydrogen) atoms. The normalized spacial score (nSPS) is 18.2. The van der Waals surface area contributed by atoms with Gasteiger partial charge in [-0.2, -0.15) is 31.3 Å². The summed E-state index contributed by atoms with van der Waals surface area (Å²) >= 11 is 0. The van der Waals surface area contributed by atoms with E-state index in [1.165, 1.54) is 0 Å². The highest BCUT2D eigenvalue weighted by Gasteiger charge is 2.36. The molecular weight excluding hydrogens is 508 g/mol.